The Hall–Kier alpha value is -3.51. The Labute approximate surface area is 194 Å². The predicted octanol–water partition coefficient (Wildman–Crippen LogP) is 5.71. The van der Waals surface area contributed by atoms with Crippen LogP contribution in [0.1, 0.15) is 31.9 Å². The molecule has 0 spiro atoms. The molecule has 1 unspecified atom stereocenters. The molecule has 0 saturated carbocycles. The van der Waals surface area contributed by atoms with Gasteiger partial charge in [-0.25, -0.2) is 9.78 Å². The van der Waals surface area contributed by atoms with E-state index in [2.05, 4.69) is 40.2 Å². The number of esters is 1. The molecule has 3 aromatic rings. The minimum Gasteiger partial charge on any atom is -0.464 e. The molecule has 1 aliphatic rings. The Morgan fingerprint density at radius 2 is 1.73 bits per heavy atom. The Bertz CT molecular complexity index is 1030. The van der Waals surface area contributed by atoms with Gasteiger partial charge >= 0.3 is 5.97 Å². The van der Waals surface area contributed by atoms with Gasteiger partial charge in [-0.2, -0.15) is 0 Å². The molecule has 0 amide bonds. The van der Waals surface area contributed by atoms with Crippen LogP contribution in [0.4, 0.5) is 17.2 Å². The lowest BCUT2D eigenvalue weighted by molar-refractivity contribution is -0.148. The summed E-state index contributed by atoms with van der Waals surface area (Å²) >= 11 is 0. The molecule has 0 fully saturated rings. The molecule has 0 radical (unpaired) electrons. The van der Waals surface area contributed by atoms with Crippen molar-refractivity contribution in [3.8, 4) is 0 Å². The van der Waals surface area contributed by atoms with Gasteiger partial charge in [0.05, 0.1) is 31.3 Å². The zero-order valence-electron chi connectivity index (χ0n) is 18.9. The van der Waals surface area contributed by atoms with E-state index in [4.69, 9.17) is 14.5 Å². The summed E-state index contributed by atoms with van der Waals surface area (Å²) in [7, 11) is 0. The number of nitrogens with zero attached hydrogens (tertiary/aromatic N) is 3. The number of para-hydroxylation sites is 2. The molecule has 170 valence electrons. The monoisotopic (exact) mass is 443 g/mol. The molecular weight excluding hydrogens is 414 g/mol. The number of aromatic nitrogens is 2. The standard InChI is InChI=1S/C27H29N3O3/c1-2-33-27(31)20-32-19-21-13-15-22(16-14-21)25-17-28-18-26(29-25)30(23-9-5-3-6-10-23)24-11-7-4-8-12-24/h3-12,15,17-18,21H,2,13-14,16,19-20H2,1H3. The van der Waals surface area contributed by atoms with E-state index in [1.807, 2.05) is 42.6 Å². The van der Waals surface area contributed by atoms with Crippen molar-refractivity contribution in [1.29, 1.82) is 0 Å². The summed E-state index contributed by atoms with van der Waals surface area (Å²) in [5.41, 5.74) is 4.17. The normalized spacial score (nSPS) is 15.5. The minimum atomic E-state index is -0.307. The fourth-order valence-corrected chi connectivity index (χ4v) is 3.97. The van der Waals surface area contributed by atoms with Crippen molar-refractivity contribution in [2.45, 2.75) is 26.2 Å². The first-order valence-electron chi connectivity index (χ1n) is 11.4. The third kappa shape index (κ3) is 6.05. The Morgan fingerprint density at radius 3 is 2.33 bits per heavy atom. The van der Waals surface area contributed by atoms with Gasteiger partial charge in [0, 0.05) is 11.4 Å². The number of rotatable bonds is 9. The van der Waals surface area contributed by atoms with Crippen molar-refractivity contribution in [3.63, 3.8) is 0 Å². The van der Waals surface area contributed by atoms with E-state index in [1.165, 1.54) is 5.57 Å². The van der Waals surface area contributed by atoms with Gasteiger partial charge in [0.15, 0.2) is 5.82 Å². The van der Waals surface area contributed by atoms with Crippen molar-refractivity contribution in [2.24, 2.45) is 5.92 Å². The van der Waals surface area contributed by atoms with Crippen LogP contribution in [-0.4, -0.2) is 35.8 Å². The van der Waals surface area contributed by atoms with Gasteiger partial charge in [-0.1, -0.05) is 42.5 Å². The van der Waals surface area contributed by atoms with Crippen LogP contribution in [0.3, 0.4) is 0 Å². The lowest BCUT2D eigenvalue weighted by Gasteiger charge is -2.25. The number of allylic oxidation sites excluding steroid dienone is 2. The van der Waals surface area contributed by atoms with Gasteiger partial charge in [0.2, 0.25) is 0 Å². The van der Waals surface area contributed by atoms with Crippen LogP contribution in [0, 0.1) is 5.92 Å². The molecule has 33 heavy (non-hydrogen) atoms. The highest BCUT2D eigenvalue weighted by Gasteiger charge is 2.19. The van der Waals surface area contributed by atoms with Gasteiger partial charge < -0.3 is 9.47 Å². The zero-order valence-corrected chi connectivity index (χ0v) is 18.9. The van der Waals surface area contributed by atoms with E-state index >= 15 is 0 Å². The van der Waals surface area contributed by atoms with E-state index in [-0.39, 0.29) is 12.6 Å². The number of carbonyl (C=O) groups is 1. The van der Waals surface area contributed by atoms with Gasteiger partial charge in [-0.3, -0.25) is 9.88 Å². The second-order valence-corrected chi connectivity index (χ2v) is 7.96. The Balaban J connectivity index is 1.48. The second-order valence-electron chi connectivity index (χ2n) is 7.96. The van der Waals surface area contributed by atoms with E-state index in [9.17, 15) is 4.79 Å². The van der Waals surface area contributed by atoms with Crippen molar-refractivity contribution >= 4 is 28.7 Å². The first-order valence-corrected chi connectivity index (χ1v) is 11.4. The maximum Gasteiger partial charge on any atom is 0.332 e. The quantitative estimate of drug-likeness (QED) is 0.395. The van der Waals surface area contributed by atoms with Gasteiger partial charge in [0.1, 0.15) is 6.61 Å². The molecule has 6 nitrogen and oxygen atoms in total. The third-order valence-electron chi connectivity index (χ3n) is 5.61. The summed E-state index contributed by atoms with van der Waals surface area (Å²) in [5.74, 6) is 0.869. The highest BCUT2D eigenvalue weighted by molar-refractivity contribution is 5.75. The van der Waals surface area contributed by atoms with Crippen molar-refractivity contribution in [1.82, 2.24) is 9.97 Å². The SMILES string of the molecule is CCOC(=O)COCC1CC=C(c2cncc(N(c3ccccc3)c3ccccc3)n2)CC1. The zero-order chi connectivity index (χ0) is 22.9. The molecule has 0 bridgehead atoms. The number of carbonyl (C=O) groups excluding carboxylic acids is 1. The second kappa shape index (κ2) is 11.4. The number of hydrogen-bond donors (Lipinski definition) is 0. The van der Waals surface area contributed by atoms with Crippen LogP contribution in [-0.2, 0) is 14.3 Å². The van der Waals surface area contributed by atoms with E-state index in [0.29, 0.717) is 19.1 Å². The highest BCUT2D eigenvalue weighted by Crippen LogP contribution is 2.34. The van der Waals surface area contributed by atoms with E-state index in [0.717, 1.165) is 42.1 Å². The molecule has 1 aromatic heterocycles. The number of hydrogen-bond acceptors (Lipinski definition) is 6. The molecule has 1 heterocycles. The summed E-state index contributed by atoms with van der Waals surface area (Å²) in [6.45, 7) is 2.75. The lowest BCUT2D eigenvalue weighted by atomic mass is 9.89. The molecule has 0 aliphatic heterocycles. The van der Waals surface area contributed by atoms with Gasteiger partial charge in [0.25, 0.3) is 0 Å². The summed E-state index contributed by atoms with van der Waals surface area (Å²) in [6.07, 6.45) is 8.65. The Kier molecular flexibility index (Phi) is 7.82. The summed E-state index contributed by atoms with van der Waals surface area (Å²) < 4.78 is 10.4. The molecule has 1 aliphatic carbocycles. The molecule has 4 rings (SSSR count). The fraction of sp³-hybridized carbons (Fsp3) is 0.296. The minimum absolute atomic E-state index is 0.0171. The average Bonchev–Trinajstić information content (AvgIpc) is 2.86. The molecular formula is C27H29N3O3. The van der Waals surface area contributed by atoms with Crippen LogP contribution in [0.2, 0.25) is 0 Å². The van der Waals surface area contributed by atoms with Crippen LogP contribution >= 0.6 is 0 Å². The first kappa shape index (κ1) is 22.7. The van der Waals surface area contributed by atoms with Crippen molar-refractivity contribution in [2.75, 3.05) is 24.7 Å². The van der Waals surface area contributed by atoms with Crippen LogP contribution in [0.5, 0.6) is 0 Å². The van der Waals surface area contributed by atoms with Gasteiger partial charge in [-0.15, -0.1) is 0 Å². The molecule has 0 saturated heterocycles. The summed E-state index contributed by atoms with van der Waals surface area (Å²) in [4.78, 5) is 23.1. The first-order chi connectivity index (χ1) is 16.2. The maximum absolute atomic E-state index is 11.4. The van der Waals surface area contributed by atoms with Gasteiger partial charge in [-0.05, 0) is 61.9 Å². The fourth-order valence-electron chi connectivity index (χ4n) is 3.97. The predicted molar refractivity (Wildman–Crippen MR) is 129 cm³/mol. The smallest absolute Gasteiger partial charge is 0.332 e. The molecule has 1 atom stereocenters. The maximum atomic E-state index is 11.4. The van der Waals surface area contributed by atoms with Crippen LogP contribution in [0.25, 0.3) is 5.57 Å². The molecule has 0 N–H and O–H groups in total. The van der Waals surface area contributed by atoms with E-state index in [1.54, 1.807) is 13.1 Å². The third-order valence-corrected chi connectivity index (χ3v) is 5.61. The summed E-state index contributed by atoms with van der Waals surface area (Å²) in [5, 5.41) is 0. The lowest BCUT2D eigenvalue weighted by Crippen LogP contribution is -2.18. The molecule has 2 aromatic carbocycles. The Morgan fingerprint density at radius 1 is 1.03 bits per heavy atom. The van der Waals surface area contributed by atoms with Crippen molar-refractivity contribution in [3.05, 3.63) is 84.8 Å². The number of ether oxygens (including phenoxy) is 2. The van der Waals surface area contributed by atoms with Crippen LogP contribution in [0.15, 0.2) is 79.1 Å². The highest BCUT2D eigenvalue weighted by atomic mass is 16.6. The largest absolute Gasteiger partial charge is 0.464 e. The summed E-state index contributed by atoms with van der Waals surface area (Å²) in [6, 6.07) is 20.4. The topological polar surface area (TPSA) is 64.6 Å². The number of benzene rings is 2. The van der Waals surface area contributed by atoms with E-state index < -0.39 is 0 Å². The van der Waals surface area contributed by atoms with Crippen molar-refractivity contribution < 1.29 is 14.3 Å². The average molecular weight is 444 g/mol. The number of anilines is 3. The van der Waals surface area contributed by atoms with Crippen LogP contribution < -0.4 is 4.90 Å². The molecule has 6 heteroatoms.